The molecule has 3 aromatic rings. The van der Waals surface area contributed by atoms with Crippen LogP contribution >= 0.6 is 0 Å². The van der Waals surface area contributed by atoms with Gasteiger partial charge in [0.05, 0.1) is 18.3 Å². The molecule has 0 spiro atoms. The molecular formula is C31H36F3N7O3. The Morgan fingerprint density at radius 2 is 1.80 bits per heavy atom. The molecule has 13 heteroatoms. The van der Waals surface area contributed by atoms with E-state index in [2.05, 4.69) is 31.8 Å². The average Bonchev–Trinajstić information content (AvgIpc) is 3.79. The second-order valence-corrected chi connectivity index (χ2v) is 12.0. The number of likely N-dealkylation sites (N-methyl/N-ethyl adjacent to an activating group) is 1. The summed E-state index contributed by atoms with van der Waals surface area (Å²) >= 11 is 0. The third-order valence-electron chi connectivity index (χ3n) is 9.11. The van der Waals surface area contributed by atoms with Crippen LogP contribution in [0.3, 0.4) is 0 Å². The molecule has 3 fully saturated rings. The van der Waals surface area contributed by atoms with E-state index in [4.69, 9.17) is 14.7 Å². The summed E-state index contributed by atoms with van der Waals surface area (Å²) in [7, 11) is 2.09. The minimum atomic E-state index is -4.80. The van der Waals surface area contributed by atoms with Gasteiger partial charge in [-0.1, -0.05) is 24.3 Å². The number of carbonyl (C=O) groups is 1. The minimum absolute atomic E-state index is 0.0517. The molecule has 44 heavy (non-hydrogen) atoms. The molecule has 4 aliphatic rings. The van der Waals surface area contributed by atoms with E-state index in [1.54, 1.807) is 18.2 Å². The van der Waals surface area contributed by atoms with Gasteiger partial charge in [-0.05, 0) is 50.4 Å². The van der Waals surface area contributed by atoms with Gasteiger partial charge in [-0.15, -0.1) is 13.2 Å². The van der Waals surface area contributed by atoms with Crippen molar-refractivity contribution in [3.05, 3.63) is 47.7 Å². The highest BCUT2D eigenvalue weighted by Crippen LogP contribution is 2.40. The molecule has 0 saturated carbocycles. The highest BCUT2D eigenvalue weighted by Gasteiger charge is 2.36. The van der Waals surface area contributed by atoms with Crippen molar-refractivity contribution < 1.29 is 27.4 Å². The molecular weight excluding hydrogens is 575 g/mol. The van der Waals surface area contributed by atoms with Crippen LogP contribution < -0.4 is 24.6 Å². The first-order valence-corrected chi connectivity index (χ1v) is 15.3. The highest BCUT2D eigenvalue weighted by molar-refractivity contribution is 5.99. The average molecular weight is 612 g/mol. The first kappa shape index (κ1) is 28.9. The van der Waals surface area contributed by atoms with Crippen molar-refractivity contribution in [3.63, 3.8) is 0 Å². The van der Waals surface area contributed by atoms with Gasteiger partial charge < -0.3 is 34.4 Å². The van der Waals surface area contributed by atoms with Crippen LogP contribution in [0.25, 0.3) is 10.8 Å². The van der Waals surface area contributed by atoms with Crippen molar-refractivity contribution in [2.75, 3.05) is 69.3 Å². The van der Waals surface area contributed by atoms with E-state index in [0.717, 1.165) is 43.0 Å². The fourth-order valence-corrected chi connectivity index (χ4v) is 6.63. The van der Waals surface area contributed by atoms with E-state index >= 15 is 0 Å². The lowest BCUT2D eigenvalue weighted by molar-refractivity contribution is -0.274. The first-order valence-electron chi connectivity index (χ1n) is 15.3. The summed E-state index contributed by atoms with van der Waals surface area (Å²) in [5, 5.41) is 4.17. The molecule has 234 valence electrons. The molecule has 1 amide bonds. The molecule has 3 saturated heterocycles. The Labute approximate surface area is 253 Å². The molecule has 10 nitrogen and oxygen atoms in total. The largest absolute Gasteiger partial charge is 0.573 e. The third-order valence-corrected chi connectivity index (χ3v) is 9.11. The number of likely N-dealkylation sites (tertiary alicyclic amines) is 1. The summed E-state index contributed by atoms with van der Waals surface area (Å²) in [6, 6.07) is 10.7. The van der Waals surface area contributed by atoms with Crippen molar-refractivity contribution >= 4 is 28.2 Å². The van der Waals surface area contributed by atoms with Gasteiger partial charge in [0, 0.05) is 61.9 Å². The number of nitrogens with zero attached hydrogens (tertiary/aromatic N) is 6. The molecule has 0 unspecified atom stereocenters. The maximum absolute atomic E-state index is 13.3. The zero-order valence-electron chi connectivity index (χ0n) is 24.6. The van der Waals surface area contributed by atoms with E-state index in [9.17, 15) is 18.0 Å². The van der Waals surface area contributed by atoms with E-state index in [-0.39, 0.29) is 17.7 Å². The van der Waals surface area contributed by atoms with Gasteiger partial charge in [-0.3, -0.25) is 4.79 Å². The third kappa shape index (κ3) is 5.94. The molecule has 0 bridgehead atoms. The van der Waals surface area contributed by atoms with Crippen LogP contribution in [0.15, 0.2) is 36.4 Å². The van der Waals surface area contributed by atoms with Gasteiger partial charge in [0.15, 0.2) is 0 Å². The number of piperazine rings is 1. The van der Waals surface area contributed by atoms with Crippen LogP contribution in [0.2, 0.25) is 0 Å². The van der Waals surface area contributed by atoms with Crippen molar-refractivity contribution in [2.24, 2.45) is 0 Å². The first-order chi connectivity index (χ1) is 21.2. The Hall–Kier alpha value is -3.84. The van der Waals surface area contributed by atoms with Crippen LogP contribution in [-0.2, 0) is 17.8 Å². The number of hydrogen-bond acceptors (Lipinski definition) is 9. The molecule has 4 aliphatic heterocycles. The highest BCUT2D eigenvalue weighted by atomic mass is 19.4. The van der Waals surface area contributed by atoms with Crippen molar-refractivity contribution in [1.82, 2.24) is 25.1 Å². The maximum atomic E-state index is 13.3. The van der Waals surface area contributed by atoms with Gasteiger partial charge in [0.1, 0.15) is 18.2 Å². The lowest BCUT2D eigenvalue weighted by atomic mass is 10.0. The van der Waals surface area contributed by atoms with Crippen LogP contribution in [0.5, 0.6) is 11.8 Å². The zero-order valence-corrected chi connectivity index (χ0v) is 24.6. The van der Waals surface area contributed by atoms with E-state index in [1.807, 2.05) is 17.0 Å². The number of halogens is 3. The predicted molar refractivity (Wildman–Crippen MR) is 159 cm³/mol. The van der Waals surface area contributed by atoms with Crippen molar-refractivity contribution in [1.29, 1.82) is 0 Å². The molecule has 1 N–H and O–H groups in total. The fraction of sp³-hybridized carbons (Fsp3) is 0.516. The van der Waals surface area contributed by atoms with Gasteiger partial charge in [0.2, 0.25) is 5.91 Å². The fourth-order valence-electron chi connectivity index (χ4n) is 6.63. The number of hydrogen-bond donors (Lipinski definition) is 1. The second kappa shape index (κ2) is 11.6. The Kier molecular flexibility index (Phi) is 7.61. The molecule has 1 aromatic heterocycles. The number of alkyl halides is 3. The van der Waals surface area contributed by atoms with Gasteiger partial charge in [-0.2, -0.15) is 9.97 Å². The van der Waals surface area contributed by atoms with Crippen LogP contribution in [0.1, 0.15) is 24.1 Å². The summed E-state index contributed by atoms with van der Waals surface area (Å²) in [6.45, 7) is 5.74. The Morgan fingerprint density at radius 1 is 1.02 bits per heavy atom. The maximum Gasteiger partial charge on any atom is 0.573 e. The minimum Gasteiger partial charge on any atom is -0.462 e. The predicted octanol–water partition coefficient (Wildman–Crippen LogP) is 3.18. The van der Waals surface area contributed by atoms with Crippen LogP contribution in [0.4, 0.5) is 24.7 Å². The van der Waals surface area contributed by atoms with E-state index in [1.165, 1.54) is 6.07 Å². The molecule has 7 rings (SSSR count). The molecule has 5 heterocycles. The smallest absolute Gasteiger partial charge is 0.462 e. The van der Waals surface area contributed by atoms with Gasteiger partial charge in [0.25, 0.3) is 0 Å². The topological polar surface area (TPSA) is 96.2 Å². The molecule has 2 aromatic carbocycles. The number of rotatable bonds is 7. The normalized spacial score (nSPS) is 22.3. The Balaban J connectivity index is 1.19. The summed E-state index contributed by atoms with van der Waals surface area (Å²) in [5.41, 5.74) is 2.47. The lowest BCUT2D eigenvalue weighted by Gasteiger charge is -2.38. The number of aromatic nitrogens is 2. The molecule has 0 radical (unpaired) electrons. The van der Waals surface area contributed by atoms with E-state index in [0.29, 0.717) is 80.8 Å². The number of carbonyl (C=O) groups excluding carboxylic acids is 1. The summed E-state index contributed by atoms with van der Waals surface area (Å²) in [6.07, 6.45) is -2.01. The molecule has 0 aliphatic carbocycles. The SMILES string of the molecule is CN1CCC[C@H]1COc1nc2c(c(N3CCN(C(=O)[C@@H]4CN4)CC3)n1)CCN(c1cccc3cccc(OC(F)(F)F)c13)C2. The van der Waals surface area contributed by atoms with Crippen LogP contribution in [-0.4, -0.2) is 104 Å². The summed E-state index contributed by atoms with van der Waals surface area (Å²) in [4.78, 5) is 30.8. The van der Waals surface area contributed by atoms with Crippen molar-refractivity contribution in [3.8, 4) is 11.8 Å². The summed E-state index contributed by atoms with van der Waals surface area (Å²) < 4.78 is 50.6. The Bertz CT molecular complexity index is 1540. The Morgan fingerprint density at radius 3 is 2.50 bits per heavy atom. The number of amides is 1. The number of fused-ring (bicyclic) bond motifs is 2. The lowest BCUT2D eigenvalue weighted by Crippen LogP contribution is -2.51. The zero-order chi connectivity index (χ0) is 30.4. The van der Waals surface area contributed by atoms with Gasteiger partial charge >= 0.3 is 12.4 Å². The molecule has 2 atom stereocenters. The summed E-state index contributed by atoms with van der Waals surface area (Å²) in [5.74, 6) is 0.747. The monoisotopic (exact) mass is 611 g/mol. The van der Waals surface area contributed by atoms with Crippen molar-refractivity contribution in [2.45, 2.75) is 44.3 Å². The number of ether oxygens (including phenoxy) is 2. The van der Waals surface area contributed by atoms with Gasteiger partial charge in [-0.25, -0.2) is 0 Å². The van der Waals surface area contributed by atoms with Crippen LogP contribution in [0, 0.1) is 0 Å². The number of nitrogens with one attached hydrogen (secondary N) is 1. The van der Waals surface area contributed by atoms with E-state index < -0.39 is 6.36 Å². The number of anilines is 2. The standard InChI is InChI=1S/C31H36F3N7O3/c1-38-11-4-7-21(38)19-43-30-36-24-18-41(25-8-2-5-20-6-3-9-26(27(20)25)44-31(32,33)34)12-10-22(24)28(37-30)39-13-15-40(16-14-39)29(42)23-17-35-23/h2-3,5-6,8-9,21,23,35H,4,7,10-19H2,1H3/t21-,23-/m0/s1. The number of benzene rings is 2. The second-order valence-electron chi connectivity index (χ2n) is 12.0. The quantitative estimate of drug-likeness (QED) is 0.404.